The van der Waals surface area contributed by atoms with Crippen molar-refractivity contribution in [3.63, 3.8) is 0 Å². The van der Waals surface area contributed by atoms with Crippen molar-refractivity contribution in [3.8, 4) is 5.75 Å². The van der Waals surface area contributed by atoms with Crippen LogP contribution in [-0.2, 0) is 4.79 Å². The van der Waals surface area contributed by atoms with Gasteiger partial charge in [-0.2, -0.15) is 0 Å². The standard InChI is InChI=1S/C17H25ClN2O2/c1-13(20-10-6-4-3-5-7-11-20)17(21)19-14-8-9-16(22-2)15(18)12-14/h8-9,12-13H,3-7,10-11H2,1-2H3,(H,19,21)/p+1/t13-/m0/s1. The number of rotatable bonds is 4. The number of halogens is 1. The van der Waals surface area contributed by atoms with Crippen LogP contribution in [0.4, 0.5) is 5.69 Å². The first-order valence-electron chi connectivity index (χ1n) is 8.11. The van der Waals surface area contributed by atoms with E-state index in [0.717, 1.165) is 13.1 Å². The van der Waals surface area contributed by atoms with Gasteiger partial charge >= 0.3 is 0 Å². The molecule has 1 aromatic carbocycles. The van der Waals surface area contributed by atoms with Gasteiger partial charge in [0.05, 0.1) is 25.2 Å². The fourth-order valence-corrected chi connectivity index (χ4v) is 3.23. The number of nitrogens with one attached hydrogen (secondary N) is 2. The zero-order valence-electron chi connectivity index (χ0n) is 13.5. The molecule has 1 amide bonds. The van der Waals surface area contributed by atoms with Crippen molar-refractivity contribution in [2.24, 2.45) is 0 Å². The molecule has 1 heterocycles. The molecule has 1 atom stereocenters. The summed E-state index contributed by atoms with van der Waals surface area (Å²) in [4.78, 5) is 13.9. The van der Waals surface area contributed by atoms with Crippen LogP contribution >= 0.6 is 11.6 Å². The van der Waals surface area contributed by atoms with Crippen LogP contribution in [0.2, 0.25) is 5.02 Å². The van der Waals surface area contributed by atoms with Gasteiger partial charge in [-0.15, -0.1) is 0 Å². The lowest BCUT2D eigenvalue weighted by Crippen LogP contribution is -3.16. The van der Waals surface area contributed by atoms with Gasteiger partial charge in [0.1, 0.15) is 5.75 Å². The SMILES string of the molecule is COc1ccc(NC(=O)[C@H](C)[NH+]2CCCCCCC2)cc1Cl. The molecule has 0 unspecified atom stereocenters. The van der Waals surface area contributed by atoms with Crippen molar-refractivity contribution >= 4 is 23.2 Å². The quantitative estimate of drug-likeness (QED) is 0.893. The second-order valence-corrected chi connectivity index (χ2v) is 6.39. The molecule has 1 aliphatic rings. The molecule has 2 rings (SSSR count). The summed E-state index contributed by atoms with van der Waals surface area (Å²) in [5.74, 6) is 0.666. The van der Waals surface area contributed by atoms with Gasteiger partial charge in [0.15, 0.2) is 6.04 Å². The molecule has 1 aliphatic heterocycles. The first-order valence-corrected chi connectivity index (χ1v) is 8.48. The monoisotopic (exact) mass is 325 g/mol. The molecule has 5 heteroatoms. The zero-order valence-corrected chi connectivity index (χ0v) is 14.2. The summed E-state index contributed by atoms with van der Waals surface area (Å²) in [7, 11) is 1.58. The van der Waals surface area contributed by atoms with Gasteiger partial charge in [0.2, 0.25) is 0 Å². The Morgan fingerprint density at radius 3 is 2.45 bits per heavy atom. The third-order valence-electron chi connectivity index (χ3n) is 4.42. The van der Waals surface area contributed by atoms with E-state index in [1.54, 1.807) is 19.2 Å². The van der Waals surface area contributed by atoms with Gasteiger partial charge in [0, 0.05) is 5.69 Å². The van der Waals surface area contributed by atoms with E-state index in [9.17, 15) is 4.79 Å². The fourth-order valence-electron chi connectivity index (χ4n) is 2.97. The van der Waals surface area contributed by atoms with Crippen LogP contribution in [-0.4, -0.2) is 32.1 Å². The predicted octanol–water partition coefficient (Wildman–Crippen LogP) is 2.52. The second kappa shape index (κ2) is 8.39. The summed E-state index contributed by atoms with van der Waals surface area (Å²) >= 11 is 6.10. The number of hydrogen-bond acceptors (Lipinski definition) is 2. The molecule has 0 bridgehead atoms. The highest BCUT2D eigenvalue weighted by molar-refractivity contribution is 6.32. The molecular weight excluding hydrogens is 300 g/mol. The van der Waals surface area contributed by atoms with E-state index in [-0.39, 0.29) is 11.9 Å². The Balaban J connectivity index is 1.96. The lowest BCUT2D eigenvalue weighted by molar-refractivity contribution is -0.914. The topological polar surface area (TPSA) is 42.8 Å². The molecule has 0 spiro atoms. The third-order valence-corrected chi connectivity index (χ3v) is 4.72. The highest BCUT2D eigenvalue weighted by Gasteiger charge is 2.25. The van der Waals surface area contributed by atoms with Crippen LogP contribution in [0, 0.1) is 0 Å². The smallest absolute Gasteiger partial charge is 0.282 e. The minimum absolute atomic E-state index is 0.0426. The fraction of sp³-hybridized carbons (Fsp3) is 0.588. The molecule has 0 radical (unpaired) electrons. The van der Waals surface area contributed by atoms with Crippen molar-refractivity contribution in [2.45, 2.75) is 45.1 Å². The largest absolute Gasteiger partial charge is 0.495 e. The van der Waals surface area contributed by atoms with Crippen LogP contribution in [0.5, 0.6) is 5.75 Å². The minimum Gasteiger partial charge on any atom is -0.495 e. The molecule has 0 saturated carbocycles. The number of ether oxygens (including phenoxy) is 1. The number of carbonyl (C=O) groups excluding carboxylic acids is 1. The molecule has 22 heavy (non-hydrogen) atoms. The average Bonchev–Trinajstić information content (AvgIpc) is 2.46. The van der Waals surface area contributed by atoms with Gasteiger partial charge < -0.3 is 15.0 Å². The highest BCUT2D eigenvalue weighted by atomic mass is 35.5. The molecule has 1 saturated heterocycles. The second-order valence-electron chi connectivity index (χ2n) is 5.99. The summed E-state index contributed by atoms with van der Waals surface area (Å²) in [6.45, 7) is 4.17. The number of methoxy groups -OCH3 is 1. The van der Waals surface area contributed by atoms with Crippen molar-refractivity contribution in [2.75, 3.05) is 25.5 Å². The van der Waals surface area contributed by atoms with E-state index in [1.807, 2.05) is 13.0 Å². The molecule has 4 nitrogen and oxygen atoms in total. The van der Waals surface area contributed by atoms with Gasteiger partial charge in [-0.05, 0) is 50.8 Å². The third kappa shape index (κ3) is 4.62. The number of carbonyl (C=O) groups is 1. The molecule has 1 aromatic rings. The van der Waals surface area contributed by atoms with E-state index in [2.05, 4.69) is 5.32 Å². The maximum absolute atomic E-state index is 12.5. The first kappa shape index (κ1) is 17.1. The average molecular weight is 326 g/mol. The Morgan fingerprint density at radius 2 is 1.86 bits per heavy atom. The Labute approximate surface area is 137 Å². The summed E-state index contributed by atoms with van der Waals surface area (Å²) in [6, 6.07) is 5.27. The van der Waals surface area contributed by atoms with Crippen molar-refractivity contribution in [1.29, 1.82) is 0 Å². The van der Waals surface area contributed by atoms with Crippen LogP contribution < -0.4 is 15.0 Å². The molecular formula is C17H26ClN2O2+. The number of benzene rings is 1. The van der Waals surface area contributed by atoms with Crippen LogP contribution in [0.15, 0.2) is 18.2 Å². The first-order chi connectivity index (χ1) is 10.6. The van der Waals surface area contributed by atoms with E-state index in [4.69, 9.17) is 16.3 Å². The molecule has 0 aliphatic carbocycles. The predicted molar refractivity (Wildman–Crippen MR) is 89.9 cm³/mol. The molecule has 1 fully saturated rings. The van der Waals surface area contributed by atoms with Gasteiger partial charge in [-0.1, -0.05) is 18.0 Å². The van der Waals surface area contributed by atoms with E-state index in [1.165, 1.54) is 37.0 Å². The minimum atomic E-state index is -0.0426. The van der Waals surface area contributed by atoms with Crippen LogP contribution in [0.25, 0.3) is 0 Å². The molecule has 0 aromatic heterocycles. The van der Waals surface area contributed by atoms with E-state index < -0.39 is 0 Å². The maximum atomic E-state index is 12.5. The number of likely N-dealkylation sites (tertiary alicyclic amines) is 1. The van der Waals surface area contributed by atoms with E-state index >= 15 is 0 Å². The number of anilines is 1. The van der Waals surface area contributed by atoms with Crippen LogP contribution in [0.1, 0.15) is 39.0 Å². The Morgan fingerprint density at radius 1 is 1.23 bits per heavy atom. The maximum Gasteiger partial charge on any atom is 0.282 e. The number of quaternary nitrogens is 1. The molecule has 122 valence electrons. The Hall–Kier alpha value is -1.26. The van der Waals surface area contributed by atoms with Crippen LogP contribution in [0.3, 0.4) is 0 Å². The summed E-state index contributed by atoms with van der Waals surface area (Å²) in [5, 5.41) is 3.47. The van der Waals surface area contributed by atoms with E-state index in [0.29, 0.717) is 16.5 Å². The Bertz CT molecular complexity index is 499. The molecule has 2 N–H and O–H groups in total. The van der Waals surface area contributed by atoms with Gasteiger partial charge in [0.25, 0.3) is 5.91 Å². The van der Waals surface area contributed by atoms with Crippen molar-refractivity contribution in [1.82, 2.24) is 0 Å². The highest BCUT2D eigenvalue weighted by Crippen LogP contribution is 2.27. The lowest BCUT2D eigenvalue weighted by atomic mass is 10.1. The number of amides is 1. The Kier molecular flexibility index (Phi) is 6.52. The van der Waals surface area contributed by atoms with Gasteiger partial charge in [-0.3, -0.25) is 4.79 Å². The number of hydrogen-bond donors (Lipinski definition) is 2. The normalized spacial score (nSPS) is 18.1. The summed E-state index contributed by atoms with van der Waals surface area (Å²) in [6.07, 6.45) is 6.32. The van der Waals surface area contributed by atoms with Crippen molar-refractivity contribution in [3.05, 3.63) is 23.2 Å². The zero-order chi connectivity index (χ0) is 15.9. The lowest BCUT2D eigenvalue weighted by Gasteiger charge is -2.27. The summed E-state index contributed by atoms with van der Waals surface area (Å²) < 4.78 is 5.12. The van der Waals surface area contributed by atoms with Crippen molar-refractivity contribution < 1.29 is 14.4 Å². The summed E-state index contributed by atoms with van der Waals surface area (Å²) in [5.41, 5.74) is 0.717. The van der Waals surface area contributed by atoms with Gasteiger partial charge in [-0.25, -0.2) is 0 Å².